The van der Waals surface area contributed by atoms with Gasteiger partial charge in [0.25, 0.3) is 0 Å². The zero-order valence-corrected chi connectivity index (χ0v) is 27.7. The minimum absolute atomic E-state index is 0.00269. The van der Waals surface area contributed by atoms with E-state index >= 15 is 0 Å². The normalized spacial score (nSPS) is 17.4. The molecule has 5 aromatic rings. The number of hydrogen-bond donors (Lipinski definition) is 3. The van der Waals surface area contributed by atoms with E-state index in [4.69, 9.17) is 14.2 Å². The topological polar surface area (TPSA) is 89.0 Å². The van der Waals surface area contributed by atoms with E-state index in [9.17, 15) is 9.90 Å². The summed E-state index contributed by atoms with van der Waals surface area (Å²) >= 11 is 1.72. The molecule has 1 fully saturated rings. The summed E-state index contributed by atoms with van der Waals surface area (Å²) in [7, 11) is 1.69. The van der Waals surface area contributed by atoms with Gasteiger partial charge in [-0.3, -0.25) is 0 Å². The van der Waals surface area contributed by atoms with Crippen LogP contribution in [0.4, 0.5) is 4.79 Å². The van der Waals surface area contributed by atoms with Crippen LogP contribution in [0.3, 0.4) is 0 Å². The molecule has 6 rings (SSSR count). The molecule has 3 unspecified atom stereocenters. The van der Waals surface area contributed by atoms with Crippen molar-refractivity contribution < 1.29 is 24.1 Å². The number of para-hydroxylation sites is 1. The maximum absolute atomic E-state index is 12.5. The third-order valence-corrected chi connectivity index (χ3v) is 9.54. The predicted molar refractivity (Wildman–Crippen MR) is 190 cm³/mol. The molecule has 5 aromatic carbocycles. The van der Waals surface area contributed by atoms with Crippen LogP contribution in [0, 0.1) is 0 Å². The van der Waals surface area contributed by atoms with Gasteiger partial charge >= 0.3 is 6.03 Å². The van der Waals surface area contributed by atoms with Crippen LogP contribution in [0.1, 0.15) is 46.6 Å². The highest BCUT2D eigenvalue weighted by molar-refractivity contribution is 7.99. The number of hydrogen-bond acceptors (Lipinski definition) is 6. The number of carbonyl (C=O) groups excluding carboxylic acids is 1. The van der Waals surface area contributed by atoms with E-state index in [2.05, 4.69) is 47.0 Å². The standard InChI is InChI=1S/C40H40N2O5S/c1-45-36-13-7-8-14-38(36)48-27-34-23-37(31-17-15-29(26-43)16-18-31)47-39(46-34)32-21-19-30(20-22-32)35-12-6-5-11-33(35)25-42-40(44)41-24-28-9-3-2-4-10-28/h2-22,34,37,39,43H,23-27H2,1H3,(H2,41,42,44). The molecule has 0 aromatic heterocycles. The van der Waals surface area contributed by atoms with E-state index in [0.717, 1.165) is 55.3 Å². The molecule has 1 saturated heterocycles. The molecule has 3 N–H and O–H groups in total. The lowest BCUT2D eigenvalue weighted by Gasteiger charge is -2.36. The number of thioether (sulfide) groups is 1. The molecule has 48 heavy (non-hydrogen) atoms. The number of carbonyl (C=O) groups is 1. The fourth-order valence-corrected chi connectivity index (χ4v) is 6.78. The molecule has 0 radical (unpaired) electrons. The van der Waals surface area contributed by atoms with Crippen molar-refractivity contribution in [2.75, 3.05) is 12.9 Å². The van der Waals surface area contributed by atoms with Gasteiger partial charge in [0.05, 0.1) is 25.9 Å². The third kappa shape index (κ3) is 8.65. The molecule has 0 saturated carbocycles. The molecule has 1 heterocycles. The highest BCUT2D eigenvalue weighted by atomic mass is 32.2. The number of nitrogens with one attached hydrogen (secondary N) is 2. The van der Waals surface area contributed by atoms with Gasteiger partial charge in [-0.25, -0.2) is 4.79 Å². The van der Waals surface area contributed by atoms with Crippen molar-refractivity contribution in [2.45, 2.75) is 49.5 Å². The first-order valence-electron chi connectivity index (χ1n) is 16.1. The number of benzene rings is 5. The van der Waals surface area contributed by atoms with Crippen molar-refractivity contribution in [2.24, 2.45) is 0 Å². The first-order valence-corrected chi connectivity index (χ1v) is 17.1. The van der Waals surface area contributed by atoms with Crippen LogP contribution in [0.15, 0.2) is 132 Å². The van der Waals surface area contributed by atoms with Crippen molar-refractivity contribution >= 4 is 17.8 Å². The number of ether oxygens (including phenoxy) is 3. The van der Waals surface area contributed by atoms with Gasteiger partial charge < -0.3 is 30.0 Å². The molecule has 0 bridgehead atoms. The Morgan fingerprint density at radius 3 is 2.23 bits per heavy atom. The van der Waals surface area contributed by atoms with Gasteiger partial charge in [0.2, 0.25) is 0 Å². The van der Waals surface area contributed by atoms with Gasteiger partial charge in [-0.2, -0.15) is 0 Å². The van der Waals surface area contributed by atoms with Gasteiger partial charge in [0, 0.05) is 35.7 Å². The Bertz CT molecular complexity index is 1770. The van der Waals surface area contributed by atoms with E-state index in [-0.39, 0.29) is 24.8 Å². The van der Waals surface area contributed by atoms with Crippen LogP contribution >= 0.6 is 11.8 Å². The largest absolute Gasteiger partial charge is 0.496 e. The lowest BCUT2D eigenvalue weighted by atomic mass is 9.98. The maximum Gasteiger partial charge on any atom is 0.315 e. The molecule has 246 valence electrons. The van der Waals surface area contributed by atoms with E-state index in [1.165, 1.54) is 0 Å². The summed E-state index contributed by atoms with van der Waals surface area (Å²) in [6, 6.07) is 41.9. The Morgan fingerprint density at radius 2 is 1.46 bits per heavy atom. The Morgan fingerprint density at radius 1 is 0.771 bits per heavy atom. The number of urea groups is 1. The number of aliphatic hydroxyl groups excluding tert-OH is 1. The quantitative estimate of drug-likeness (QED) is 0.117. The summed E-state index contributed by atoms with van der Waals surface area (Å²) in [6.07, 6.45) is -0.0853. The molecule has 1 aliphatic heterocycles. The van der Waals surface area contributed by atoms with Gasteiger partial charge in [-0.15, -0.1) is 11.8 Å². The van der Waals surface area contributed by atoms with Gasteiger partial charge in [0.1, 0.15) is 5.75 Å². The van der Waals surface area contributed by atoms with Crippen LogP contribution in [0.2, 0.25) is 0 Å². The van der Waals surface area contributed by atoms with E-state index in [1.807, 2.05) is 91.0 Å². The van der Waals surface area contributed by atoms with Crippen LogP contribution in [0.5, 0.6) is 5.75 Å². The minimum Gasteiger partial charge on any atom is -0.496 e. The number of aliphatic hydroxyl groups is 1. The molecule has 7 nitrogen and oxygen atoms in total. The van der Waals surface area contributed by atoms with E-state index in [0.29, 0.717) is 19.5 Å². The lowest BCUT2D eigenvalue weighted by molar-refractivity contribution is -0.245. The minimum atomic E-state index is -0.552. The average molecular weight is 661 g/mol. The second-order valence-corrected chi connectivity index (χ2v) is 12.7. The maximum atomic E-state index is 12.5. The smallest absolute Gasteiger partial charge is 0.315 e. The summed E-state index contributed by atoms with van der Waals surface area (Å²) in [6.45, 7) is 0.869. The second kappa shape index (κ2) is 16.5. The molecule has 1 aliphatic rings. The van der Waals surface area contributed by atoms with Gasteiger partial charge in [-0.1, -0.05) is 115 Å². The molecule has 0 aliphatic carbocycles. The van der Waals surface area contributed by atoms with E-state index in [1.54, 1.807) is 18.9 Å². The van der Waals surface area contributed by atoms with Crippen molar-refractivity contribution in [3.05, 3.63) is 155 Å². The van der Waals surface area contributed by atoms with E-state index < -0.39 is 6.29 Å². The zero-order valence-electron chi connectivity index (χ0n) is 26.9. The number of methoxy groups -OCH3 is 1. The van der Waals surface area contributed by atoms with Crippen molar-refractivity contribution in [3.63, 3.8) is 0 Å². The Labute approximate surface area is 286 Å². The monoisotopic (exact) mass is 660 g/mol. The summed E-state index contributed by atoms with van der Waals surface area (Å²) in [5.74, 6) is 1.59. The highest BCUT2D eigenvalue weighted by Gasteiger charge is 2.32. The number of amides is 2. The molecule has 2 amide bonds. The average Bonchev–Trinajstić information content (AvgIpc) is 3.16. The van der Waals surface area contributed by atoms with Crippen molar-refractivity contribution in [1.29, 1.82) is 0 Å². The Kier molecular flexibility index (Phi) is 11.4. The summed E-state index contributed by atoms with van der Waals surface area (Å²) in [5.41, 5.74) is 7.00. The third-order valence-electron chi connectivity index (χ3n) is 8.36. The Hall–Kier alpha value is -4.60. The molecular formula is C40H40N2O5S. The van der Waals surface area contributed by atoms with Crippen LogP contribution in [0.25, 0.3) is 11.1 Å². The molecule has 8 heteroatoms. The summed E-state index contributed by atoms with van der Waals surface area (Å²) < 4.78 is 18.7. The SMILES string of the molecule is COc1ccccc1SCC1CC(c2ccc(CO)cc2)OC(c2ccc(-c3ccccc3CNC(=O)NCc3ccccc3)cc2)O1. The molecule has 0 spiro atoms. The Balaban J connectivity index is 1.15. The fraction of sp³-hybridized carbons (Fsp3) is 0.225. The van der Waals surface area contributed by atoms with Crippen LogP contribution in [-0.2, 0) is 29.2 Å². The first-order chi connectivity index (χ1) is 23.6. The van der Waals surface area contributed by atoms with Crippen LogP contribution < -0.4 is 15.4 Å². The first kappa shape index (κ1) is 33.3. The zero-order chi connectivity index (χ0) is 33.1. The van der Waals surface area contributed by atoms with Crippen molar-refractivity contribution in [3.8, 4) is 16.9 Å². The van der Waals surface area contributed by atoms with Crippen molar-refractivity contribution in [1.82, 2.24) is 10.6 Å². The van der Waals surface area contributed by atoms with Gasteiger partial charge in [-0.05, 0) is 45.5 Å². The number of rotatable bonds is 12. The fourth-order valence-electron chi connectivity index (χ4n) is 5.74. The van der Waals surface area contributed by atoms with Crippen LogP contribution in [-0.4, -0.2) is 30.1 Å². The van der Waals surface area contributed by atoms with Gasteiger partial charge in [0.15, 0.2) is 6.29 Å². The molecule has 3 atom stereocenters. The predicted octanol–water partition coefficient (Wildman–Crippen LogP) is 8.19. The second-order valence-electron chi connectivity index (χ2n) is 11.6. The highest BCUT2D eigenvalue weighted by Crippen LogP contribution is 2.41. The lowest BCUT2D eigenvalue weighted by Crippen LogP contribution is -2.34. The summed E-state index contributed by atoms with van der Waals surface area (Å²) in [4.78, 5) is 13.6. The summed E-state index contributed by atoms with van der Waals surface area (Å²) in [5, 5.41) is 15.5. The molecular weight excluding hydrogens is 621 g/mol.